The monoisotopic (exact) mass is 235 g/mol. The minimum absolute atomic E-state index is 0.0577. The van der Waals surface area contributed by atoms with Crippen LogP contribution in [0.15, 0.2) is 23.7 Å². The van der Waals surface area contributed by atoms with Crippen molar-refractivity contribution in [2.75, 3.05) is 0 Å². The zero-order valence-corrected chi connectivity index (χ0v) is 10.5. The van der Waals surface area contributed by atoms with E-state index in [1.807, 2.05) is 17.9 Å². The first kappa shape index (κ1) is 11.4. The summed E-state index contributed by atoms with van der Waals surface area (Å²) in [6.45, 7) is 2.11. The summed E-state index contributed by atoms with van der Waals surface area (Å²) in [6.07, 6.45) is 3.88. The lowest BCUT2D eigenvalue weighted by atomic mass is 10.0. The standard InChI is InChI=1S/C12H17N3S/c1-3-12-10(8-15(2)14-12)11(13)7-9-5-4-6-16-9/h4-6,8,11H,3,7,13H2,1-2H3. The van der Waals surface area contributed by atoms with Crippen LogP contribution in [0.3, 0.4) is 0 Å². The molecule has 2 aromatic rings. The molecule has 3 nitrogen and oxygen atoms in total. The van der Waals surface area contributed by atoms with Crippen LogP contribution in [0.25, 0.3) is 0 Å². The Morgan fingerprint density at radius 3 is 3.00 bits per heavy atom. The molecule has 4 heteroatoms. The Kier molecular flexibility index (Phi) is 3.41. The van der Waals surface area contributed by atoms with Crippen molar-refractivity contribution in [2.45, 2.75) is 25.8 Å². The topological polar surface area (TPSA) is 43.8 Å². The van der Waals surface area contributed by atoms with E-state index in [1.54, 1.807) is 11.3 Å². The van der Waals surface area contributed by atoms with Gasteiger partial charge >= 0.3 is 0 Å². The molecule has 86 valence electrons. The SMILES string of the molecule is CCc1nn(C)cc1C(N)Cc1cccs1. The zero-order valence-electron chi connectivity index (χ0n) is 9.68. The van der Waals surface area contributed by atoms with Crippen molar-refractivity contribution in [3.63, 3.8) is 0 Å². The fourth-order valence-corrected chi connectivity index (χ4v) is 2.66. The Bertz CT molecular complexity index is 445. The first-order valence-corrected chi connectivity index (χ1v) is 6.39. The van der Waals surface area contributed by atoms with E-state index in [9.17, 15) is 0 Å². The number of hydrogen-bond acceptors (Lipinski definition) is 3. The van der Waals surface area contributed by atoms with Crippen LogP contribution in [0.2, 0.25) is 0 Å². The van der Waals surface area contributed by atoms with Gasteiger partial charge < -0.3 is 5.73 Å². The molecule has 2 aromatic heterocycles. The summed E-state index contributed by atoms with van der Waals surface area (Å²) < 4.78 is 1.85. The van der Waals surface area contributed by atoms with Crippen LogP contribution >= 0.6 is 11.3 Å². The normalized spacial score (nSPS) is 12.9. The van der Waals surface area contributed by atoms with Crippen LogP contribution in [0.5, 0.6) is 0 Å². The lowest BCUT2D eigenvalue weighted by Gasteiger charge is -2.09. The summed E-state index contributed by atoms with van der Waals surface area (Å²) in [4.78, 5) is 1.33. The molecule has 0 spiro atoms. The highest BCUT2D eigenvalue weighted by Gasteiger charge is 2.14. The Labute approximate surface area is 99.9 Å². The van der Waals surface area contributed by atoms with E-state index in [4.69, 9.17) is 5.73 Å². The third-order valence-electron chi connectivity index (χ3n) is 2.67. The van der Waals surface area contributed by atoms with E-state index >= 15 is 0 Å². The molecule has 0 aliphatic carbocycles. The van der Waals surface area contributed by atoms with Gasteiger partial charge in [0.15, 0.2) is 0 Å². The predicted octanol–water partition coefficient (Wildman–Crippen LogP) is 2.29. The van der Waals surface area contributed by atoms with E-state index in [0.717, 1.165) is 18.5 Å². The molecule has 0 saturated carbocycles. The Balaban J connectivity index is 2.16. The second-order valence-corrected chi connectivity index (χ2v) is 4.98. The number of nitrogens with two attached hydrogens (primary N) is 1. The van der Waals surface area contributed by atoms with Crippen LogP contribution in [0, 0.1) is 0 Å². The van der Waals surface area contributed by atoms with Gasteiger partial charge in [0.1, 0.15) is 0 Å². The van der Waals surface area contributed by atoms with E-state index in [-0.39, 0.29) is 6.04 Å². The van der Waals surface area contributed by atoms with Crippen LogP contribution < -0.4 is 5.73 Å². The molecule has 1 atom stereocenters. The minimum Gasteiger partial charge on any atom is -0.324 e. The third kappa shape index (κ3) is 2.33. The molecule has 0 radical (unpaired) electrons. The van der Waals surface area contributed by atoms with E-state index in [0.29, 0.717) is 0 Å². The maximum Gasteiger partial charge on any atom is 0.0669 e. The molecule has 16 heavy (non-hydrogen) atoms. The van der Waals surface area contributed by atoms with Crippen LogP contribution in [-0.2, 0) is 19.9 Å². The van der Waals surface area contributed by atoms with Gasteiger partial charge in [-0.05, 0) is 17.9 Å². The lowest BCUT2D eigenvalue weighted by Crippen LogP contribution is -2.13. The summed E-state index contributed by atoms with van der Waals surface area (Å²) in [5, 5.41) is 6.51. The quantitative estimate of drug-likeness (QED) is 0.883. The highest BCUT2D eigenvalue weighted by atomic mass is 32.1. The van der Waals surface area contributed by atoms with Gasteiger partial charge in [0.2, 0.25) is 0 Å². The maximum atomic E-state index is 6.23. The van der Waals surface area contributed by atoms with Gasteiger partial charge in [-0.3, -0.25) is 4.68 Å². The Morgan fingerprint density at radius 2 is 2.38 bits per heavy atom. The molecule has 2 N–H and O–H groups in total. The fourth-order valence-electron chi connectivity index (χ4n) is 1.89. The van der Waals surface area contributed by atoms with Crippen molar-refractivity contribution in [3.05, 3.63) is 39.8 Å². The molecule has 0 amide bonds. The molecule has 0 fully saturated rings. The maximum absolute atomic E-state index is 6.23. The van der Waals surface area contributed by atoms with E-state index < -0.39 is 0 Å². The van der Waals surface area contributed by atoms with Crippen LogP contribution in [0.4, 0.5) is 0 Å². The summed E-state index contributed by atoms with van der Waals surface area (Å²) in [6, 6.07) is 4.26. The lowest BCUT2D eigenvalue weighted by molar-refractivity contribution is 0.719. The third-order valence-corrected chi connectivity index (χ3v) is 3.57. The molecule has 2 heterocycles. The van der Waals surface area contributed by atoms with Crippen molar-refractivity contribution < 1.29 is 0 Å². The first-order valence-electron chi connectivity index (χ1n) is 5.51. The number of aryl methyl sites for hydroxylation is 2. The molecule has 0 aliphatic rings. The molecule has 0 aromatic carbocycles. The number of rotatable bonds is 4. The van der Waals surface area contributed by atoms with Gasteiger partial charge in [0, 0.05) is 36.1 Å². The Morgan fingerprint density at radius 1 is 1.56 bits per heavy atom. The molecule has 2 rings (SSSR count). The smallest absolute Gasteiger partial charge is 0.0669 e. The average Bonchev–Trinajstić information content (AvgIpc) is 2.86. The minimum atomic E-state index is 0.0577. The largest absolute Gasteiger partial charge is 0.324 e. The molecule has 0 aliphatic heterocycles. The first-order chi connectivity index (χ1) is 7.70. The van der Waals surface area contributed by atoms with Crippen molar-refractivity contribution in [3.8, 4) is 0 Å². The van der Waals surface area contributed by atoms with Crippen LogP contribution in [0.1, 0.15) is 29.1 Å². The van der Waals surface area contributed by atoms with Gasteiger partial charge in [-0.2, -0.15) is 5.10 Å². The summed E-state index contributed by atoms with van der Waals surface area (Å²) in [7, 11) is 1.94. The predicted molar refractivity (Wildman–Crippen MR) is 67.5 cm³/mol. The van der Waals surface area contributed by atoms with Crippen molar-refractivity contribution in [1.82, 2.24) is 9.78 Å². The van der Waals surface area contributed by atoms with E-state index in [2.05, 4.69) is 29.5 Å². The Hall–Kier alpha value is -1.13. The molecular formula is C12H17N3S. The van der Waals surface area contributed by atoms with E-state index in [1.165, 1.54) is 10.4 Å². The van der Waals surface area contributed by atoms with Gasteiger partial charge in [-0.25, -0.2) is 0 Å². The number of nitrogens with zero attached hydrogens (tertiary/aromatic N) is 2. The van der Waals surface area contributed by atoms with Crippen LogP contribution in [-0.4, -0.2) is 9.78 Å². The summed E-state index contributed by atoms with van der Waals surface area (Å²) in [5.41, 5.74) is 8.53. The van der Waals surface area contributed by atoms with Gasteiger partial charge in [0.05, 0.1) is 5.69 Å². The average molecular weight is 235 g/mol. The van der Waals surface area contributed by atoms with Gasteiger partial charge in [-0.1, -0.05) is 13.0 Å². The molecule has 1 unspecified atom stereocenters. The molecule has 0 bridgehead atoms. The summed E-state index contributed by atoms with van der Waals surface area (Å²) in [5.74, 6) is 0. The second kappa shape index (κ2) is 4.80. The second-order valence-electron chi connectivity index (χ2n) is 3.95. The van der Waals surface area contributed by atoms with Gasteiger partial charge in [-0.15, -0.1) is 11.3 Å². The number of aromatic nitrogens is 2. The molecular weight excluding hydrogens is 218 g/mol. The number of thiophene rings is 1. The van der Waals surface area contributed by atoms with Gasteiger partial charge in [0.25, 0.3) is 0 Å². The fraction of sp³-hybridized carbons (Fsp3) is 0.417. The summed E-state index contributed by atoms with van der Waals surface area (Å²) >= 11 is 1.76. The van der Waals surface area contributed by atoms with Crippen molar-refractivity contribution in [2.24, 2.45) is 12.8 Å². The molecule has 0 saturated heterocycles. The number of hydrogen-bond donors (Lipinski definition) is 1. The highest BCUT2D eigenvalue weighted by Crippen LogP contribution is 2.21. The van der Waals surface area contributed by atoms with Crippen molar-refractivity contribution in [1.29, 1.82) is 0 Å². The highest BCUT2D eigenvalue weighted by molar-refractivity contribution is 7.09. The van der Waals surface area contributed by atoms with Crippen molar-refractivity contribution >= 4 is 11.3 Å². The zero-order chi connectivity index (χ0) is 11.5.